The van der Waals surface area contributed by atoms with Crippen LogP contribution < -0.4 is 5.32 Å². The summed E-state index contributed by atoms with van der Waals surface area (Å²) in [5, 5.41) is 11.5. The summed E-state index contributed by atoms with van der Waals surface area (Å²) in [5.74, 6) is -1.66. The predicted octanol–water partition coefficient (Wildman–Crippen LogP) is 3.18. The molecular formula is C15H19FN2O3. The number of benzene rings is 1. The number of urea groups is 1. The Kier molecular flexibility index (Phi) is 4.77. The number of halogens is 1. The summed E-state index contributed by atoms with van der Waals surface area (Å²) < 4.78 is 13.3. The second-order valence-corrected chi connectivity index (χ2v) is 5.29. The third-order valence-corrected chi connectivity index (χ3v) is 3.83. The van der Waals surface area contributed by atoms with Crippen molar-refractivity contribution in [3.63, 3.8) is 0 Å². The van der Waals surface area contributed by atoms with E-state index in [1.807, 2.05) is 0 Å². The molecule has 0 aromatic heterocycles. The smallest absolute Gasteiger partial charge is 0.338 e. The van der Waals surface area contributed by atoms with Gasteiger partial charge in [0.15, 0.2) is 0 Å². The highest BCUT2D eigenvalue weighted by Gasteiger charge is 2.22. The summed E-state index contributed by atoms with van der Waals surface area (Å²) in [7, 11) is 0. The lowest BCUT2D eigenvalue weighted by Gasteiger charge is -2.32. The van der Waals surface area contributed by atoms with Gasteiger partial charge in [-0.25, -0.2) is 14.0 Å². The molecule has 0 radical (unpaired) electrons. The topological polar surface area (TPSA) is 69.6 Å². The van der Waals surface area contributed by atoms with E-state index in [0.717, 1.165) is 31.4 Å². The molecule has 1 heterocycles. The molecule has 1 fully saturated rings. The second kappa shape index (κ2) is 6.56. The number of anilines is 1. The fraction of sp³-hybridized carbons (Fsp3) is 0.467. The van der Waals surface area contributed by atoms with E-state index in [2.05, 4.69) is 12.2 Å². The molecule has 5 nitrogen and oxygen atoms in total. The van der Waals surface area contributed by atoms with Crippen molar-refractivity contribution in [3.05, 3.63) is 29.6 Å². The van der Waals surface area contributed by atoms with Crippen molar-refractivity contribution >= 4 is 17.7 Å². The van der Waals surface area contributed by atoms with Gasteiger partial charge in [-0.15, -0.1) is 0 Å². The molecule has 1 aromatic carbocycles. The summed E-state index contributed by atoms with van der Waals surface area (Å²) in [4.78, 5) is 24.8. The van der Waals surface area contributed by atoms with Crippen LogP contribution in [0.5, 0.6) is 0 Å². The zero-order valence-corrected chi connectivity index (χ0v) is 11.9. The highest BCUT2D eigenvalue weighted by Crippen LogP contribution is 2.21. The van der Waals surface area contributed by atoms with Gasteiger partial charge in [0.05, 0.1) is 5.56 Å². The van der Waals surface area contributed by atoms with Crippen LogP contribution in [0.1, 0.15) is 36.5 Å². The van der Waals surface area contributed by atoms with Crippen molar-refractivity contribution in [1.29, 1.82) is 0 Å². The summed E-state index contributed by atoms with van der Waals surface area (Å²) in [6.45, 7) is 3.50. The van der Waals surface area contributed by atoms with Gasteiger partial charge >= 0.3 is 12.0 Å². The van der Waals surface area contributed by atoms with Crippen molar-refractivity contribution in [2.75, 3.05) is 18.4 Å². The number of carboxylic acids is 1. The molecular weight excluding hydrogens is 275 g/mol. The van der Waals surface area contributed by atoms with Crippen molar-refractivity contribution in [2.24, 2.45) is 5.92 Å². The molecule has 114 valence electrons. The maximum absolute atomic E-state index is 13.3. The first-order valence-electron chi connectivity index (χ1n) is 7.10. The van der Waals surface area contributed by atoms with Crippen molar-refractivity contribution in [3.8, 4) is 0 Å². The zero-order chi connectivity index (χ0) is 15.4. The number of aromatic carboxylic acids is 1. The Morgan fingerprint density at radius 2 is 2.24 bits per heavy atom. The fourth-order valence-corrected chi connectivity index (χ4v) is 2.55. The molecule has 1 saturated heterocycles. The average molecular weight is 294 g/mol. The van der Waals surface area contributed by atoms with Crippen LogP contribution >= 0.6 is 0 Å². The van der Waals surface area contributed by atoms with E-state index < -0.39 is 17.3 Å². The van der Waals surface area contributed by atoms with E-state index in [-0.39, 0.29) is 11.7 Å². The van der Waals surface area contributed by atoms with Crippen LogP contribution in [0.4, 0.5) is 14.9 Å². The number of carbonyl (C=O) groups is 2. The summed E-state index contributed by atoms with van der Waals surface area (Å²) in [6, 6.07) is 3.28. The summed E-state index contributed by atoms with van der Waals surface area (Å²) in [5.41, 5.74) is -0.157. The predicted molar refractivity (Wildman–Crippen MR) is 77.0 cm³/mol. The Balaban J connectivity index is 2.05. The Bertz CT molecular complexity index is 548. The molecule has 21 heavy (non-hydrogen) atoms. The van der Waals surface area contributed by atoms with E-state index in [1.165, 1.54) is 6.07 Å². The Morgan fingerprint density at radius 3 is 2.90 bits per heavy atom. The number of piperidine rings is 1. The molecule has 1 aliphatic rings. The van der Waals surface area contributed by atoms with Gasteiger partial charge in [0, 0.05) is 18.8 Å². The zero-order valence-electron chi connectivity index (χ0n) is 11.9. The van der Waals surface area contributed by atoms with Crippen LogP contribution in [0.2, 0.25) is 0 Å². The quantitative estimate of drug-likeness (QED) is 0.899. The fourth-order valence-electron chi connectivity index (χ4n) is 2.55. The molecule has 6 heteroatoms. The molecule has 2 rings (SSSR count). The normalized spacial score (nSPS) is 18.4. The lowest BCUT2D eigenvalue weighted by atomic mass is 9.96. The molecule has 2 amide bonds. The number of carboxylic acid groups (broad SMARTS) is 1. The van der Waals surface area contributed by atoms with Gasteiger partial charge in [-0.2, -0.15) is 0 Å². The van der Waals surface area contributed by atoms with Crippen LogP contribution in [-0.2, 0) is 0 Å². The number of likely N-dealkylation sites (tertiary alicyclic amines) is 1. The maximum Gasteiger partial charge on any atom is 0.338 e. The van der Waals surface area contributed by atoms with E-state index in [9.17, 15) is 14.0 Å². The SMILES string of the molecule is CCC1CCCN(C(=O)Nc2ccc(F)c(C(=O)O)c2)C1. The molecule has 2 N–H and O–H groups in total. The van der Waals surface area contributed by atoms with Gasteiger partial charge in [-0.3, -0.25) is 0 Å². The maximum atomic E-state index is 13.3. The van der Waals surface area contributed by atoms with Crippen LogP contribution in [-0.4, -0.2) is 35.1 Å². The lowest BCUT2D eigenvalue weighted by molar-refractivity contribution is 0.0692. The first kappa shape index (κ1) is 15.3. The minimum Gasteiger partial charge on any atom is -0.478 e. The first-order chi connectivity index (χ1) is 10.0. The summed E-state index contributed by atoms with van der Waals surface area (Å²) >= 11 is 0. The van der Waals surface area contributed by atoms with Crippen LogP contribution in [0.15, 0.2) is 18.2 Å². The summed E-state index contributed by atoms with van der Waals surface area (Å²) in [6.07, 6.45) is 3.12. The van der Waals surface area contributed by atoms with E-state index >= 15 is 0 Å². The van der Waals surface area contributed by atoms with Crippen LogP contribution in [0.25, 0.3) is 0 Å². The number of hydrogen-bond donors (Lipinski definition) is 2. The van der Waals surface area contributed by atoms with Gasteiger partial charge in [-0.1, -0.05) is 13.3 Å². The highest BCUT2D eigenvalue weighted by molar-refractivity contribution is 5.93. The van der Waals surface area contributed by atoms with Gasteiger partial charge in [0.1, 0.15) is 5.82 Å². The molecule has 0 saturated carbocycles. The van der Waals surface area contributed by atoms with Crippen molar-refractivity contribution < 1.29 is 19.1 Å². The van der Waals surface area contributed by atoms with Crippen molar-refractivity contribution in [2.45, 2.75) is 26.2 Å². The lowest BCUT2D eigenvalue weighted by Crippen LogP contribution is -2.42. The molecule has 1 unspecified atom stereocenters. The Morgan fingerprint density at radius 1 is 1.48 bits per heavy atom. The third-order valence-electron chi connectivity index (χ3n) is 3.83. The van der Waals surface area contributed by atoms with Crippen LogP contribution in [0.3, 0.4) is 0 Å². The van der Waals surface area contributed by atoms with E-state index in [0.29, 0.717) is 19.0 Å². The number of rotatable bonds is 3. The number of amides is 2. The number of carbonyl (C=O) groups excluding carboxylic acids is 1. The third kappa shape index (κ3) is 3.71. The Labute approximate surface area is 122 Å². The standard InChI is InChI=1S/C15H19FN2O3/c1-2-10-4-3-7-18(9-10)15(21)17-11-5-6-13(16)12(8-11)14(19)20/h5-6,8,10H,2-4,7,9H2,1H3,(H,17,21)(H,19,20). The second-order valence-electron chi connectivity index (χ2n) is 5.29. The molecule has 1 aliphatic heterocycles. The molecule has 0 spiro atoms. The molecule has 1 atom stereocenters. The Hall–Kier alpha value is -2.11. The first-order valence-corrected chi connectivity index (χ1v) is 7.10. The average Bonchev–Trinajstić information content (AvgIpc) is 2.49. The number of nitrogens with one attached hydrogen (secondary N) is 1. The van der Waals surface area contributed by atoms with Gasteiger partial charge in [0.2, 0.25) is 0 Å². The molecule has 1 aromatic rings. The van der Waals surface area contributed by atoms with Crippen molar-refractivity contribution in [1.82, 2.24) is 4.90 Å². The van der Waals surface area contributed by atoms with Gasteiger partial charge in [-0.05, 0) is 37.0 Å². The molecule has 0 bridgehead atoms. The van der Waals surface area contributed by atoms with Crippen LogP contribution in [0, 0.1) is 11.7 Å². The van der Waals surface area contributed by atoms with E-state index in [1.54, 1.807) is 4.90 Å². The monoisotopic (exact) mass is 294 g/mol. The highest BCUT2D eigenvalue weighted by atomic mass is 19.1. The molecule has 0 aliphatic carbocycles. The van der Waals surface area contributed by atoms with E-state index in [4.69, 9.17) is 5.11 Å². The number of nitrogens with zero attached hydrogens (tertiary/aromatic N) is 1. The van der Waals surface area contributed by atoms with Gasteiger partial charge < -0.3 is 15.3 Å². The largest absolute Gasteiger partial charge is 0.478 e. The minimum absolute atomic E-state index is 0.268. The number of hydrogen-bond acceptors (Lipinski definition) is 2. The minimum atomic E-state index is -1.35. The van der Waals surface area contributed by atoms with Gasteiger partial charge in [0.25, 0.3) is 0 Å².